The van der Waals surface area contributed by atoms with Gasteiger partial charge in [0.25, 0.3) is 10.0 Å². The van der Waals surface area contributed by atoms with Gasteiger partial charge in [-0.25, -0.2) is 17.6 Å². The van der Waals surface area contributed by atoms with Crippen molar-refractivity contribution in [1.82, 2.24) is 0 Å². The van der Waals surface area contributed by atoms with Crippen LogP contribution >= 0.6 is 0 Å². The van der Waals surface area contributed by atoms with Gasteiger partial charge in [0.05, 0.1) is 10.6 Å². The van der Waals surface area contributed by atoms with Crippen LogP contribution in [0.15, 0.2) is 35.2 Å². The second kappa shape index (κ2) is 6.25. The first-order valence-electron chi connectivity index (χ1n) is 7.24. The summed E-state index contributed by atoms with van der Waals surface area (Å²) < 4.78 is 51.4. The van der Waals surface area contributed by atoms with Crippen LogP contribution in [0.2, 0.25) is 0 Å². The van der Waals surface area contributed by atoms with Gasteiger partial charge in [-0.3, -0.25) is 4.72 Å². The van der Waals surface area contributed by atoms with Gasteiger partial charge in [-0.15, -0.1) is 0 Å². The molecule has 0 bridgehead atoms. The number of halogens is 1. The number of ether oxygens (including phenoxy) is 2. The summed E-state index contributed by atoms with van der Waals surface area (Å²) in [5, 5.41) is 9.29. The molecule has 9 heteroatoms. The van der Waals surface area contributed by atoms with E-state index in [-0.39, 0.29) is 40.9 Å². The minimum atomic E-state index is -4.15. The fraction of sp³-hybridized carbons (Fsp3) is 0.188. The molecule has 0 atom stereocenters. The molecule has 132 valence electrons. The van der Waals surface area contributed by atoms with Crippen molar-refractivity contribution in [2.45, 2.75) is 11.8 Å². The number of hydrogen-bond donors (Lipinski definition) is 2. The van der Waals surface area contributed by atoms with Crippen LogP contribution in [0.4, 0.5) is 10.1 Å². The van der Waals surface area contributed by atoms with E-state index in [1.54, 1.807) is 6.92 Å². The van der Waals surface area contributed by atoms with Crippen LogP contribution in [0, 0.1) is 12.7 Å². The van der Waals surface area contributed by atoms with E-state index >= 15 is 0 Å². The van der Waals surface area contributed by atoms with Crippen LogP contribution in [-0.2, 0) is 10.0 Å². The summed E-state index contributed by atoms with van der Waals surface area (Å²) in [4.78, 5) is 11.1. The summed E-state index contributed by atoms with van der Waals surface area (Å²) in [5.74, 6) is -1.89. The van der Waals surface area contributed by atoms with Crippen LogP contribution in [-0.4, -0.2) is 32.7 Å². The summed E-state index contributed by atoms with van der Waals surface area (Å²) in [6.45, 7) is 1.89. The highest BCUT2D eigenvalue weighted by Crippen LogP contribution is 2.37. The Labute approximate surface area is 143 Å². The summed E-state index contributed by atoms with van der Waals surface area (Å²) in [7, 11) is -4.15. The Kier molecular flexibility index (Phi) is 4.25. The van der Waals surface area contributed by atoms with Crippen LogP contribution < -0.4 is 14.2 Å². The van der Waals surface area contributed by atoms with E-state index in [1.165, 1.54) is 18.2 Å². The van der Waals surface area contributed by atoms with Crippen LogP contribution in [0.5, 0.6) is 11.5 Å². The van der Waals surface area contributed by atoms with Crippen molar-refractivity contribution < 1.29 is 32.2 Å². The lowest BCUT2D eigenvalue weighted by atomic mass is 10.2. The van der Waals surface area contributed by atoms with E-state index in [0.717, 1.165) is 12.1 Å². The molecule has 0 saturated carbocycles. The maximum absolute atomic E-state index is 13.6. The van der Waals surface area contributed by atoms with Gasteiger partial charge >= 0.3 is 5.97 Å². The lowest BCUT2D eigenvalue weighted by molar-refractivity contribution is 0.0685. The molecule has 0 aromatic heterocycles. The summed E-state index contributed by atoms with van der Waals surface area (Å²) in [6, 6.07) is 6.03. The molecular weight excluding hydrogens is 353 g/mol. The third-order valence-electron chi connectivity index (χ3n) is 3.58. The maximum atomic E-state index is 13.6. The molecule has 0 spiro atoms. The molecule has 2 N–H and O–H groups in total. The molecule has 0 unspecified atom stereocenters. The molecular formula is C16H14FNO6S. The van der Waals surface area contributed by atoms with Crippen molar-refractivity contribution in [2.75, 3.05) is 17.9 Å². The van der Waals surface area contributed by atoms with Crippen molar-refractivity contribution in [1.29, 1.82) is 0 Å². The highest BCUT2D eigenvalue weighted by atomic mass is 32.2. The lowest BCUT2D eigenvalue weighted by Gasteiger charge is -2.21. The van der Waals surface area contributed by atoms with Crippen LogP contribution in [0.25, 0.3) is 0 Å². The molecule has 0 saturated heterocycles. The van der Waals surface area contributed by atoms with E-state index in [4.69, 9.17) is 9.47 Å². The van der Waals surface area contributed by atoms with Gasteiger partial charge in [-0.05, 0) is 30.7 Å². The smallest absolute Gasteiger partial charge is 0.339 e. The minimum Gasteiger partial charge on any atom is -0.486 e. The average Bonchev–Trinajstić information content (AvgIpc) is 2.56. The van der Waals surface area contributed by atoms with Gasteiger partial charge in [0.1, 0.15) is 24.6 Å². The van der Waals surface area contributed by atoms with E-state index in [0.29, 0.717) is 5.56 Å². The first-order chi connectivity index (χ1) is 11.8. The monoisotopic (exact) mass is 367 g/mol. The first kappa shape index (κ1) is 17.0. The van der Waals surface area contributed by atoms with Gasteiger partial charge in [0.15, 0.2) is 11.5 Å². The first-order valence-corrected chi connectivity index (χ1v) is 8.72. The Morgan fingerprint density at radius 2 is 1.92 bits per heavy atom. The molecule has 7 nitrogen and oxygen atoms in total. The Morgan fingerprint density at radius 1 is 1.20 bits per heavy atom. The second-order valence-corrected chi connectivity index (χ2v) is 7.05. The number of fused-ring (bicyclic) bond motifs is 1. The van der Waals surface area contributed by atoms with Gasteiger partial charge in [0.2, 0.25) is 0 Å². The summed E-state index contributed by atoms with van der Waals surface area (Å²) >= 11 is 0. The average molecular weight is 367 g/mol. The van der Waals surface area contributed by atoms with Crippen LogP contribution in [0.1, 0.15) is 15.9 Å². The SMILES string of the molecule is Cc1ccc(NS(=O)(=O)c2cc3c(c(C(=O)O)c2)OCCO3)cc1F. The second-order valence-electron chi connectivity index (χ2n) is 5.37. The number of carbonyl (C=O) groups is 1. The number of nitrogens with one attached hydrogen (secondary N) is 1. The zero-order chi connectivity index (χ0) is 18.2. The summed E-state index contributed by atoms with van der Waals surface area (Å²) in [5.41, 5.74) is 0.0676. The van der Waals surface area contributed by atoms with E-state index in [2.05, 4.69) is 4.72 Å². The predicted molar refractivity (Wildman–Crippen MR) is 86.3 cm³/mol. The number of hydrogen-bond acceptors (Lipinski definition) is 5. The highest BCUT2D eigenvalue weighted by molar-refractivity contribution is 7.92. The molecule has 25 heavy (non-hydrogen) atoms. The van der Waals surface area contributed by atoms with Gasteiger partial charge in [0, 0.05) is 6.07 Å². The van der Waals surface area contributed by atoms with Gasteiger partial charge in [-0.2, -0.15) is 0 Å². The Morgan fingerprint density at radius 3 is 2.60 bits per heavy atom. The number of carboxylic acids is 1. The van der Waals surface area contributed by atoms with Crippen LogP contribution in [0.3, 0.4) is 0 Å². The minimum absolute atomic E-state index is 0.0147. The van der Waals surface area contributed by atoms with Crippen molar-refractivity contribution in [2.24, 2.45) is 0 Å². The standard InChI is InChI=1S/C16H14FNO6S/c1-9-2-3-10(6-13(9)17)18-25(21,22)11-7-12(16(19)20)15-14(8-11)23-4-5-24-15/h2-3,6-8,18H,4-5H2,1H3,(H,19,20). The molecule has 0 aliphatic carbocycles. The fourth-order valence-electron chi connectivity index (χ4n) is 2.31. The topological polar surface area (TPSA) is 102 Å². The zero-order valence-corrected chi connectivity index (χ0v) is 13.9. The lowest BCUT2D eigenvalue weighted by Crippen LogP contribution is -2.20. The number of aryl methyl sites for hydroxylation is 1. The number of aromatic carboxylic acids is 1. The molecule has 2 aromatic carbocycles. The quantitative estimate of drug-likeness (QED) is 0.860. The Hall–Kier alpha value is -2.81. The molecule has 0 radical (unpaired) electrons. The van der Waals surface area contributed by atoms with Crippen molar-refractivity contribution in [3.8, 4) is 11.5 Å². The number of sulfonamides is 1. The normalized spacial score (nSPS) is 13.4. The largest absolute Gasteiger partial charge is 0.486 e. The maximum Gasteiger partial charge on any atom is 0.339 e. The molecule has 3 rings (SSSR count). The molecule has 1 aliphatic rings. The van der Waals surface area contributed by atoms with Crippen molar-refractivity contribution >= 4 is 21.7 Å². The fourth-order valence-corrected chi connectivity index (χ4v) is 3.40. The highest BCUT2D eigenvalue weighted by Gasteiger charge is 2.26. The van der Waals surface area contributed by atoms with Gasteiger partial charge < -0.3 is 14.6 Å². The predicted octanol–water partition coefficient (Wildman–Crippen LogP) is 2.40. The van der Waals surface area contributed by atoms with E-state index in [9.17, 15) is 22.7 Å². The Balaban J connectivity index is 2.03. The third-order valence-corrected chi connectivity index (χ3v) is 4.94. The number of rotatable bonds is 4. The number of carboxylic acid groups (broad SMARTS) is 1. The summed E-state index contributed by atoms with van der Waals surface area (Å²) in [6.07, 6.45) is 0. The zero-order valence-electron chi connectivity index (χ0n) is 13.1. The third kappa shape index (κ3) is 3.36. The molecule has 0 fully saturated rings. The number of anilines is 1. The Bertz CT molecular complexity index is 957. The van der Waals surface area contributed by atoms with Crippen molar-refractivity contribution in [3.05, 3.63) is 47.3 Å². The van der Waals surface area contributed by atoms with E-state index in [1.807, 2.05) is 0 Å². The molecule has 1 aliphatic heterocycles. The van der Waals surface area contributed by atoms with E-state index < -0.39 is 21.8 Å². The van der Waals surface area contributed by atoms with Crippen molar-refractivity contribution in [3.63, 3.8) is 0 Å². The van der Waals surface area contributed by atoms with Gasteiger partial charge in [-0.1, -0.05) is 6.07 Å². The molecule has 0 amide bonds. The molecule has 2 aromatic rings. The number of benzene rings is 2. The molecule has 1 heterocycles.